The molecule has 0 bridgehead atoms. The van der Waals surface area contributed by atoms with Crippen LogP contribution < -0.4 is 0 Å². The fourth-order valence-electron chi connectivity index (χ4n) is 3.21. The highest BCUT2D eigenvalue weighted by Gasteiger charge is 2.30. The number of rotatable bonds is 1. The van der Waals surface area contributed by atoms with Gasteiger partial charge in [-0.1, -0.05) is 12.0 Å². The SMILES string of the molecule is O=C(O)c1cc(F)c(Br)c2c1CC1=C2CCCCC1. The summed E-state index contributed by atoms with van der Waals surface area (Å²) in [6.45, 7) is 0. The highest BCUT2D eigenvalue weighted by molar-refractivity contribution is 9.10. The molecule has 0 spiro atoms. The molecular formula is C15H14BrFO2. The van der Waals surface area contributed by atoms with Gasteiger partial charge in [0, 0.05) is 0 Å². The Hall–Kier alpha value is -1.16. The fraction of sp³-hybridized carbons (Fsp3) is 0.400. The molecule has 100 valence electrons. The molecule has 1 aromatic carbocycles. The second-order valence-corrected chi connectivity index (χ2v) is 5.99. The van der Waals surface area contributed by atoms with Gasteiger partial charge in [0.15, 0.2) is 0 Å². The van der Waals surface area contributed by atoms with E-state index in [1.54, 1.807) is 0 Å². The van der Waals surface area contributed by atoms with E-state index >= 15 is 0 Å². The summed E-state index contributed by atoms with van der Waals surface area (Å²) in [5.74, 6) is -1.52. The molecule has 0 amide bonds. The summed E-state index contributed by atoms with van der Waals surface area (Å²) in [4.78, 5) is 11.3. The number of carbonyl (C=O) groups is 1. The second-order valence-electron chi connectivity index (χ2n) is 5.20. The summed E-state index contributed by atoms with van der Waals surface area (Å²) < 4.78 is 14.4. The molecule has 0 atom stereocenters. The Morgan fingerprint density at radius 1 is 1.26 bits per heavy atom. The van der Waals surface area contributed by atoms with Crippen LogP contribution in [0.2, 0.25) is 0 Å². The molecule has 1 aromatic rings. The molecule has 0 saturated carbocycles. The molecule has 2 aliphatic rings. The van der Waals surface area contributed by atoms with Crippen molar-refractivity contribution >= 4 is 27.5 Å². The molecule has 0 unspecified atom stereocenters. The molecule has 2 nitrogen and oxygen atoms in total. The molecule has 0 saturated heterocycles. The van der Waals surface area contributed by atoms with Gasteiger partial charge in [-0.05, 0) is 70.8 Å². The molecule has 0 aliphatic heterocycles. The zero-order valence-electron chi connectivity index (χ0n) is 10.4. The van der Waals surface area contributed by atoms with Crippen LogP contribution in [0.4, 0.5) is 4.39 Å². The van der Waals surface area contributed by atoms with Crippen LogP contribution in [0.5, 0.6) is 0 Å². The van der Waals surface area contributed by atoms with Crippen molar-refractivity contribution in [1.82, 2.24) is 0 Å². The monoisotopic (exact) mass is 324 g/mol. The van der Waals surface area contributed by atoms with E-state index in [4.69, 9.17) is 0 Å². The second kappa shape index (κ2) is 4.75. The molecule has 0 radical (unpaired) electrons. The first-order chi connectivity index (χ1) is 9.09. The Morgan fingerprint density at radius 2 is 2.00 bits per heavy atom. The number of allylic oxidation sites excluding steroid dienone is 2. The van der Waals surface area contributed by atoms with Crippen LogP contribution in [-0.4, -0.2) is 11.1 Å². The summed E-state index contributed by atoms with van der Waals surface area (Å²) >= 11 is 3.30. The van der Waals surface area contributed by atoms with Gasteiger partial charge in [0.05, 0.1) is 10.0 Å². The van der Waals surface area contributed by atoms with Gasteiger partial charge in [0.2, 0.25) is 0 Å². The lowest BCUT2D eigenvalue weighted by atomic mass is 9.97. The number of benzene rings is 1. The van der Waals surface area contributed by atoms with Crippen LogP contribution in [0, 0.1) is 5.82 Å². The van der Waals surface area contributed by atoms with E-state index in [1.165, 1.54) is 17.6 Å². The van der Waals surface area contributed by atoms with E-state index in [0.717, 1.165) is 42.9 Å². The lowest BCUT2D eigenvalue weighted by molar-refractivity contribution is 0.0695. The molecule has 0 heterocycles. The average molecular weight is 325 g/mol. The average Bonchev–Trinajstić information content (AvgIpc) is 2.57. The molecule has 4 heteroatoms. The van der Waals surface area contributed by atoms with Crippen molar-refractivity contribution in [3.05, 3.63) is 38.6 Å². The Balaban J connectivity index is 2.21. The number of carboxylic acids is 1. The highest BCUT2D eigenvalue weighted by atomic mass is 79.9. The van der Waals surface area contributed by atoms with Crippen LogP contribution in [0.1, 0.15) is 53.6 Å². The fourth-order valence-corrected chi connectivity index (χ4v) is 3.80. The molecule has 3 rings (SSSR count). The lowest BCUT2D eigenvalue weighted by Gasteiger charge is -2.11. The largest absolute Gasteiger partial charge is 0.478 e. The third-order valence-corrected chi connectivity index (χ3v) is 4.86. The Labute approximate surface area is 119 Å². The van der Waals surface area contributed by atoms with Crippen molar-refractivity contribution in [3.63, 3.8) is 0 Å². The van der Waals surface area contributed by atoms with Crippen molar-refractivity contribution in [2.45, 2.75) is 38.5 Å². The maximum atomic E-state index is 13.9. The summed E-state index contributed by atoms with van der Waals surface area (Å²) in [6.07, 6.45) is 6.06. The number of carboxylic acid groups (broad SMARTS) is 1. The highest BCUT2D eigenvalue weighted by Crippen LogP contribution is 2.45. The molecule has 2 aliphatic carbocycles. The number of fused-ring (bicyclic) bond motifs is 2. The van der Waals surface area contributed by atoms with E-state index < -0.39 is 11.8 Å². The summed E-state index contributed by atoms with van der Waals surface area (Å²) in [5.41, 5.74) is 4.20. The van der Waals surface area contributed by atoms with Gasteiger partial charge >= 0.3 is 5.97 Å². The van der Waals surface area contributed by atoms with E-state index in [-0.39, 0.29) is 5.56 Å². The maximum absolute atomic E-state index is 13.9. The molecule has 19 heavy (non-hydrogen) atoms. The Bertz CT molecular complexity index is 605. The van der Waals surface area contributed by atoms with Crippen LogP contribution in [0.3, 0.4) is 0 Å². The van der Waals surface area contributed by atoms with Crippen molar-refractivity contribution < 1.29 is 14.3 Å². The number of hydrogen-bond donors (Lipinski definition) is 1. The first-order valence-corrected chi connectivity index (χ1v) is 7.34. The zero-order chi connectivity index (χ0) is 13.6. The van der Waals surface area contributed by atoms with E-state index in [0.29, 0.717) is 10.9 Å². The predicted molar refractivity (Wildman–Crippen MR) is 74.8 cm³/mol. The predicted octanol–water partition coefficient (Wildman–Crippen LogP) is 4.56. The van der Waals surface area contributed by atoms with Crippen molar-refractivity contribution in [2.75, 3.05) is 0 Å². The van der Waals surface area contributed by atoms with E-state index in [2.05, 4.69) is 15.9 Å². The standard InChI is InChI=1S/C15H14BrFO2/c16-14-12(17)7-11(15(18)19)10-6-8-4-2-1-3-5-9(8)13(10)14/h7H,1-6H2,(H,18,19). The van der Waals surface area contributed by atoms with Gasteiger partial charge in [0.25, 0.3) is 0 Å². The van der Waals surface area contributed by atoms with Crippen molar-refractivity contribution in [2.24, 2.45) is 0 Å². The smallest absolute Gasteiger partial charge is 0.336 e. The minimum atomic E-state index is -1.04. The van der Waals surface area contributed by atoms with Gasteiger partial charge in [-0.15, -0.1) is 0 Å². The first-order valence-electron chi connectivity index (χ1n) is 6.55. The first kappa shape index (κ1) is 12.9. The normalized spacial score (nSPS) is 18.0. The quantitative estimate of drug-likeness (QED) is 0.822. The maximum Gasteiger partial charge on any atom is 0.336 e. The third kappa shape index (κ3) is 2.02. The molecule has 0 fully saturated rings. The number of hydrogen-bond acceptors (Lipinski definition) is 1. The van der Waals surface area contributed by atoms with Gasteiger partial charge in [0.1, 0.15) is 5.82 Å². The third-order valence-electron chi connectivity index (χ3n) is 4.08. The van der Waals surface area contributed by atoms with Crippen molar-refractivity contribution in [1.29, 1.82) is 0 Å². The summed E-state index contributed by atoms with van der Waals surface area (Å²) in [5, 5.41) is 9.25. The summed E-state index contributed by atoms with van der Waals surface area (Å²) in [6, 6.07) is 1.14. The molecule has 0 aromatic heterocycles. The van der Waals surface area contributed by atoms with Gasteiger partial charge in [-0.25, -0.2) is 9.18 Å². The summed E-state index contributed by atoms with van der Waals surface area (Å²) in [7, 11) is 0. The van der Waals surface area contributed by atoms with Crippen LogP contribution >= 0.6 is 15.9 Å². The minimum absolute atomic E-state index is 0.115. The van der Waals surface area contributed by atoms with Gasteiger partial charge in [-0.3, -0.25) is 0 Å². The van der Waals surface area contributed by atoms with Crippen LogP contribution in [0.15, 0.2) is 16.1 Å². The van der Waals surface area contributed by atoms with Crippen LogP contribution in [-0.2, 0) is 6.42 Å². The van der Waals surface area contributed by atoms with E-state index in [1.807, 2.05) is 0 Å². The Kier molecular flexibility index (Phi) is 3.21. The number of aromatic carboxylic acids is 1. The zero-order valence-corrected chi connectivity index (χ0v) is 12.0. The minimum Gasteiger partial charge on any atom is -0.478 e. The van der Waals surface area contributed by atoms with Gasteiger partial charge in [-0.2, -0.15) is 0 Å². The van der Waals surface area contributed by atoms with Crippen molar-refractivity contribution in [3.8, 4) is 0 Å². The van der Waals surface area contributed by atoms with E-state index in [9.17, 15) is 14.3 Å². The molecular weight excluding hydrogens is 311 g/mol. The Morgan fingerprint density at radius 3 is 2.74 bits per heavy atom. The lowest BCUT2D eigenvalue weighted by Crippen LogP contribution is -2.05. The number of halogens is 2. The topological polar surface area (TPSA) is 37.3 Å². The van der Waals surface area contributed by atoms with Gasteiger partial charge < -0.3 is 5.11 Å². The van der Waals surface area contributed by atoms with Crippen LogP contribution in [0.25, 0.3) is 5.57 Å². The molecule has 1 N–H and O–H groups in total.